The van der Waals surface area contributed by atoms with Crippen molar-refractivity contribution in [1.82, 2.24) is 5.32 Å². The minimum atomic E-state index is -0.622. The van der Waals surface area contributed by atoms with Gasteiger partial charge in [0.15, 0.2) is 0 Å². The summed E-state index contributed by atoms with van der Waals surface area (Å²) < 4.78 is 0. The molecule has 0 fully saturated rings. The van der Waals surface area contributed by atoms with Crippen LogP contribution in [-0.2, 0) is 16.0 Å². The smallest absolute Gasteiger partial charge is 0.237 e. The molecule has 1 aromatic rings. The van der Waals surface area contributed by atoms with Crippen molar-refractivity contribution in [2.75, 3.05) is 0 Å². The van der Waals surface area contributed by atoms with E-state index in [4.69, 9.17) is 11.5 Å². The number of rotatable bonds is 6. The van der Waals surface area contributed by atoms with Crippen LogP contribution in [0.2, 0.25) is 0 Å². The molecule has 0 saturated carbocycles. The molecule has 1 unspecified atom stereocenters. The molecule has 1 aromatic carbocycles. The van der Waals surface area contributed by atoms with E-state index in [9.17, 15) is 9.59 Å². The number of carbonyl (C=O) groups excluding carboxylic acids is 2. The van der Waals surface area contributed by atoms with E-state index in [1.807, 2.05) is 30.3 Å². The van der Waals surface area contributed by atoms with Gasteiger partial charge in [0.05, 0.1) is 6.04 Å². The van der Waals surface area contributed by atoms with Crippen LogP contribution in [0.15, 0.2) is 30.3 Å². The Morgan fingerprint density at radius 2 is 1.89 bits per heavy atom. The number of primary amides is 1. The van der Waals surface area contributed by atoms with Gasteiger partial charge in [-0.3, -0.25) is 9.59 Å². The van der Waals surface area contributed by atoms with Gasteiger partial charge in [0.2, 0.25) is 11.8 Å². The molecule has 0 heterocycles. The molecule has 0 radical (unpaired) electrons. The normalized spacial score (nSPS) is 13.7. The summed E-state index contributed by atoms with van der Waals surface area (Å²) in [6.45, 7) is 1.72. The van der Waals surface area contributed by atoms with Crippen LogP contribution in [0.25, 0.3) is 0 Å². The standard InChI is InChI=1S/C13H19N3O2/c1-9(7-12(15)17)16-13(18)11(14)8-10-5-3-2-4-6-10/h2-6,9,11H,7-8,14H2,1H3,(H2,15,17)(H,16,18)/t9?,11-/m0/s1. The van der Waals surface area contributed by atoms with Crippen molar-refractivity contribution in [3.8, 4) is 0 Å². The lowest BCUT2D eigenvalue weighted by molar-refractivity contribution is -0.123. The highest BCUT2D eigenvalue weighted by Gasteiger charge is 2.16. The fourth-order valence-electron chi connectivity index (χ4n) is 1.66. The van der Waals surface area contributed by atoms with Crippen molar-refractivity contribution in [3.05, 3.63) is 35.9 Å². The molecule has 0 saturated heterocycles. The first-order chi connectivity index (χ1) is 8.49. The van der Waals surface area contributed by atoms with Gasteiger partial charge in [0, 0.05) is 12.5 Å². The number of benzene rings is 1. The van der Waals surface area contributed by atoms with Crippen LogP contribution in [-0.4, -0.2) is 23.9 Å². The summed E-state index contributed by atoms with van der Waals surface area (Å²) in [4.78, 5) is 22.4. The predicted octanol–water partition coefficient (Wildman–Crippen LogP) is -0.0635. The van der Waals surface area contributed by atoms with E-state index in [1.54, 1.807) is 6.92 Å². The lowest BCUT2D eigenvalue weighted by Gasteiger charge is -2.16. The lowest BCUT2D eigenvalue weighted by atomic mass is 10.1. The fourth-order valence-corrected chi connectivity index (χ4v) is 1.66. The van der Waals surface area contributed by atoms with E-state index in [0.29, 0.717) is 6.42 Å². The van der Waals surface area contributed by atoms with Crippen molar-refractivity contribution in [1.29, 1.82) is 0 Å². The Balaban J connectivity index is 2.44. The Bertz CT molecular complexity index is 406. The molecule has 5 heteroatoms. The van der Waals surface area contributed by atoms with Crippen LogP contribution >= 0.6 is 0 Å². The van der Waals surface area contributed by atoms with Crippen molar-refractivity contribution in [3.63, 3.8) is 0 Å². The summed E-state index contributed by atoms with van der Waals surface area (Å²) in [6, 6.07) is 8.62. The number of carbonyl (C=O) groups is 2. The quantitative estimate of drug-likeness (QED) is 0.658. The Kier molecular flexibility index (Phi) is 5.32. The summed E-state index contributed by atoms with van der Waals surface area (Å²) in [5.41, 5.74) is 11.8. The summed E-state index contributed by atoms with van der Waals surface area (Å²) in [6.07, 6.45) is 0.583. The second kappa shape index (κ2) is 6.76. The maximum absolute atomic E-state index is 11.8. The Labute approximate surface area is 107 Å². The van der Waals surface area contributed by atoms with Gasteiger partial charge in [-0.25, -0.2) is 0 Å². The van der Waals surface area contributed by atoms with Crippen molar-refractivity contribution < 1.29 is 9.59 Å². The van der Waals surface area contributed by atoms with Crippen LogP contribution in [0.5, 0.6) is 0 Å². The third-order valence-electron chi connectivity index (χ3n) is 2.53. The minimum Gasteiger partial charge on any atom is -0.370 e. The summed E-state index contributed by atoms with van der Waals surface area (Å²) in [7, 11) is 0. The monoisotopic (exact) mass is 249 g/mol. The van der Waals surface area contributed by atoms with Crippen molar-refractivity contribution >= 4 is 11.8 Å². The number of nitrogens with one attached hydrogen (secondary N) is 1. The molecule has 2 amide bonds. The lowest BCUT2D eigenvalue weighted by Crippen LogP contribution is -2.46. The van der Waals surface area contributed by atoms with Gasteiger partial charge >= 0.3 is 0 Å². The molecule has 18 heavy (non-hydrogen) atoms. The Hall–Kier alpha value is -1.88. The molecule has 0 aliphatic heterocycles. The molecular weight excluding hydrogens is 230 g/mol. The van der Waals surface area contributed by atoms with Crippen molar-refractivity contribution in [2.45, 2.75) is 31.8 Å². The molecule has 5 nitrogen and oxygen atoms in total. The van der Waals surface area contributed by atoms with Gasteiger partial charge in [-0.15, -0.1) is 0 Å². The SMILES string of the molecule is CC(CC(N)=O)NC(=O)[C@@H](N)Cc1ccccc1. The molecule has 1 rings (SSSR count). The third kappa shape index (κ3) is 4.97. The van der Waals surface area contributed by atoms with E-state index in [0.717, 1.165) is 5.56 Å². The Morgan fingerprint density at radius 3 is 2.44 bits per heavy atom. The molecule has 5 N–H and O–H groups in total. The number of hydrogen-bond donors (Lipinski definition) is 3. The van der Waals surface area contributed by atoms with Gasteiger partial charge in [-0.05, 0) is 18.9 Å². The zero-order valence-corrected chi connectivity index (χ0v) is 10.4. The molecular formula is C13H19N3O2. The van der Waals surface area contributed by atoms with E-state index in [1.165, 1.54) is 0 Å². The van der Waals surface area contributed by atoms with Crippen molar-refractivity contribution in [2.24, 2.45) is 11.5 Å². The van der Waals surface area contributed by atoms with Gasteiger partial charge in [-0.2, -0.15) is 0 Å². The maximum Gasteiger partial charge on any atom is 0.237 e. The molecule has 0 aliphatic carbocycles. The summed E-state index contributed by atoms with van der Waals surface area (Å²) >= 11 is 0. The molecule has 2 atom stereocenters. The van der Waals surface area contributed by atoms with Gasteiger partial charge < -0.3 is 16.8 Å². The fraction of sp³-hybridized carbons (Fsp3) is 0.385. The van der Waals surface area contributed by atoms with Gasteiger partial charge in [0.25, 0.3) is 0 Å². The molecule has 0 bridgehead atoms. The van der Waals surface area contributed by atoms with Gasteiger partial charge in [-0.1, -0.05) is 30.3 Å². The molecule has 98 valence electrons. The third-order valence-corrected chi connectivity index (χ3v) is 2.53. The van der Waals surface area contributed by atoms with E-state index < -0.39 is 11.9 Å². The van der Waals surface area contributed by atoms with E-state index in [-0.39, 0.29) is 18.4 Å². The Morgan fingerprint density at radius 1 is 1.28 bits per heavy atom. The molecule has 0 spiro atoms. The first kappa shape index (κ1) is 14.2. The zero-order chi connectivity index (χ0) is 13.5. The summed E-state index contributed by atoms with van der Waals surface area (Å²) in [5.74, 6) is -0.716. The highest BCUT2D eigenvalue weighted by molar-refractivity contribution is 5.83. The van der Waals surface area contributed by atoms with E-state index >= 15 is 0 Å². The number of amides is 2. The number of hydrogen-bond acceptors (Lipinski definition) is 3. The van der Waals surface area contributed by atoms with Crippen LogP contribution < -0.4 is 16.8 Å². The highest BCUT2D eigenvalue weighted by Crippen LogP contribution is 2.02. The van der Waals surface area contributed by atoms with Crippen LogP contribution in [0, 0.1) is 0 Å². The molecule has 0 aliphatic rings. The van der Waals surface area contributed by atoms with E-state index in [2.05, 4.69) is 5.32 Å². The van der Waals surface area contributed by atoms with Gasteiger partial charge in [0.1, 0.15) is 0 Å². The zero-order valence-electron chi connectivity index (χ0n) is 10.4. The first-order valence-corrected chi connectivity index (χ1v) is 5.87. The second-order valence-electron chi connectivity index (χ2n) is 4.38. The number of nitrogens with two attached hydrogens (primary N) is 2. The average molecular weight is 249 g/mol. The second-order valence-corrected chi connectivity index (χ2v) is 4.38. The largest absolute Gasteiger partial charge is 0.370 e. The minimum absolute atomic E-state index is 0.115. The van der Waals surface area contributed by atoms with Crippen LogP contribution in [0.1, 0.15) is 18.9 Å². The maximum atomic E-state index is 11.8. The first-order valence-electron chi connectivity index (χ1n) is 5.87. The van der Waals surface area contributed by atoms with Crippen LogP contribution in [0.4, 0.5) is 0 Å². The average Bonchev–Trinajstić information content (AvgIpc) is 2.28. The predicted molar refractivity (Wildman–Crippen MR) is 69.5 cm³/mol. The highest BCUT2D eigenvalue weighted by atomic mass is 16.2. The molecule has 0 aromatic heterocycles. The topological polar surface area (TPSA) is 98.2 Å². The van der Waals surface area contributed by atoms with Crippen LogP contribution in [0.3, 0.4) is 0 Å². The summed E-state index contributed by atoms with van der Waals surface area (Å²) in [5, 5.41) is 2.67.